The molecular weight excluding hydrogens is 374 g/mol. The summed E-state index contributed by atoms with van der Waals surface area (Å²) in [6.07, 6.45) is 0.231. The number of imide groups is 1. The van der Waals surface area contributed by atoms with Crippen LogP contribution in [0.3, 0.4) is 0 Å². The number of fused-ring (bicyclic) bond motifs is 1. The van der Waals surface area contributed by atoms with Crippen LogP contribution in [0.1, 0.15) is 6.42 Å². The third kappa shape index (κ3) is 3.74. The topological polar surface area (TPSA) is 77.9 Å². The van der Waals surface area contributed by atoms with Crippen LogP contribution in [0.4, 0.5) is 4.79 Å². The highest BCUT2D eigenvalue weighted by atomic mass is 16.5. The zero-order valence-corrected chi connectivity index (χ0v) is 16.9. The fourth-order valence-corrected chi connectivity index (χ4v) is 3.96. The third-order valence-corrected chi connectivity index (χ3v) is 5.54. The number of carbonyl (C=O) groups is 2. The van der Waals surface area contributed by atoms with Crippen LogP contribution in [0, 0.1) is 0 Å². The zero-order valence-electron chi connectivity index (χ0n) is 16.9. The van der Waals surface area contributed by atoms with Crippen molar-refractivity contribution < 1.29 is 19.1 Å². The van der Waals surface area contributed by atoms with Crippen molar-refractivity contribution >= 4 is 17.9 Å². The molecule has 3 aliphatic heterocycles. The summed E-state index contributed by atoms with van der Waals surface area (Å²) in [4.78, 5) is 37.0. The first-order valence-electron chi connectivity index (χ1n) is 9.97. The van der Waals surface area contributed by atoms with Crippen molar-refractivity contribution in [2.24, 2.45) is 4.99 Å². The van der Waals surface area contributed by atoms with E-state index in [-0.39, 0.29) is 11.9 Å². The molecule has 0 bridgehead atoms. The molecule has 4 rings (SSSR count). The number of morpholine rings is 1. The zero-order chi connectivity index (χ0) is 20.4. The van der Waals surface area contributed by atoms with Gasteiger partial charge >= 0.3 is 6.03 Å². The van der Waals surface area contributed by atoms with Gasteiger partial charge in [-0.2, -0.15) is 0 Å². The van der Waals surface area contributed by atoms with Crippen LogP contribution in [0.2, 0.25) is 0 Å². The van der Waals surface area contributed by atoms with Crippen molar-refractivity contribution in [1.82, 2.24) is 19.6 Å². The summed E-state index contributed by atoms with van der Waals surface area (Å²) in [5.41, 5.74) is 0. The number of hydrogen-bond acceptors (Lipinski definition) is 7. The van der Waals surface area contributed by atoms with Gasteiger partial charge in [0.1, 0.15) is 5.75 Å². The van der Waals surface area contributed by atoms with E-state index in [1.807, 2.05) is 35.2 Å². The molecule has 3 amide bonds. The van der Waals surface area contributed by atoms with Crippen LogP contribution in [0.5, 0.6) is 5.75 Å². The fraction of sp³-hybridized carbons (Fsp3) is 0.550. The molecule has 1 aromatic rings. The minimum atomic E-state index is -0.503. The number of hydrogen-bond donors (Lipinski definition) is 0. The Morgan fingerprint density at radius 1 is 1.14 bits per heavy atom. The quantitative estimate of drug-likeness (QED) is 0.676. The second-order valence-electron chi connectivity index (χ2n) is 7.39. The van der Waals surface area contributed by atoms with Crippen LogP contribution in [0.15, 0.2) is 35.3 Å². The number of para-hydroxylation sites is 1. The van der Waals surface area contributed by atoms with Gasteiger partial charge in [-0.25, -0.2) is 9.79 Å². The summed E-state index contributed by atoms with van der Waals surface area (Å²) in [5, 5.41) is 0. The maximum atomic E-state index is 12.9. The molecule has 156 valence electrons. The second-order valence-corrected chi connectivity index (χ2v) is 7.39. The molecule has 0 saturated carbocycles. The van der Waals surface area contributed by atoms with E-state index in [0.717, 1.165) is 31.2 Å². The molecule has 2 saturated heterocycles. The van der Waals surface area contributed by atoms with Gasteiger partial charge in [0.25, 0.3) is 5.91 Å². The highest BCUT2D eigenvalue weighted by molar-refractivity contribution is 6.03. The van der Waals surface area contributed by atoms with Gasteiger partial charge in [-0.15, -0.1) is 0 Å². The minimum absolute atomic E-state index is 0.214. The third-order valence-electron chi connectivity index (χ3n) is 5.54. The molecule has 2 fully saturated rings. The molecule has 0 radical (unpaired) electrons. The number of urea groups is 1. The molecule has 3 aliphatic rings. The SMILES string of the molecule is CN1C(=O)C2C(N=C(N3CCOCC3)N2CCCOc2ccccc2)N(C)C1=O. The van der Waals surface area contributed by atoms with Crippen molar-refractivity contribution in [1.29, 1.82) is 0 Å². The van der Waals surface area contributed by atoms with Crippen LogP contribution in [-0.4, -0.2) is 103 Å². The van der Waals surface area contributed by atoms with E-state index >= 15 is 0 Å². The van der Waals surface area contributed by atoms with Crippen LogP contribution < -0.4 is 4.74 Å². The highest BCUT2D eigenvalue weighted by Gasteiger charge is 2.51. The summed E-state index contributed by atoms with van der Waals surface area (Å²) >= 11 is 0. The first kappa shape index (κ1) is 19.5. The number of ether oxygens (including phenoxy) is 2. The number of rotatable bonds is 5. The average molecular weight is 401 g/mol. The van der Waals surface area contributed by atoms with E-state index in [9.17, 15) is 9.59 Å². The monoisotopic (exact) mass is 401 g/mol. The lowest BCUT2D eigenvalue weighted by atomic mass is 10.1. The first-order valence-corrected chi connectivity index (χ1v) is 9.97. The van der Waals surface area contributed by atoms with Gasteiger partial charge in [0, 0.05) is 33.7 Å². The van der Waals surface area contributed by atoms with Gasteiger partial charge in [0.15, 0.2) is 18.2 Å². The molecule has 2 atom stereocenters. The summed E-state index contributed by atoms with van der Waals surface area (Å²) in [6.45, 7) is 3.84. The number of amides is 3. The molecule has 2 unspecified atom stereocenters. The van der Waals surface area contributed by atoms with E-state index in [1.165, 1.54) is 11.9 Å². The maximum absolute atomic E-state index is 12.9. The Morgan fingerprint density at radius 2 is 1.86 bits per heavy atom. The Labute approximate surface area is 170 Å². The lowest BCUT2D eigenvalue weighted by Gasteiger charge is -2.41. The number of likely N-dealkylation sites (N-methyl/N-ethyl adjacent to an activating group) is 2. The lowest BCUT2D eigenvalue weighted by molar-refractivity contribution is -0.136. The fourth-order valence-electron chi connectivity index (χ4n) is 3.96. The molecule has 29 heavy (non-hydrogen) atoms. The van der Waals surface area contributed by atoms with E-state index in [1.54, 1.807) is 11.9 Å². The van der Waals surface area contributed by atoms with E-state index in [2.05, 4.69) is 4.90 Å². The number of aliphatic imine (C=N–C) groups is 1. The maximum Gasteiger partial charge on any atom is 0.328 e. The smallest absolute Gasteiger partial charge is 0.328 e. The van der Waals surface area contributed by atoms with Crippen molar-refractivity contribution in [3.63, 3.8) is 0 Å². The largest absolute Gasteiger partial charge is 0.494 e. The predicted molar refractivity (Wildman–Crippen MR) is 107 cm³/mol. The van der Waals surface area contributed by atoms with E-state index in [0.29, 0.717) is 26.4 Å². The van der Waals surface area contributed by atoms with Gasteiger partial charge in [-0.05, 0) is 18.6 Å². The Balaban J connectivity index is 1.49. The number of carbonyl (C=O) groups excluding carboxylic acids is 2. The van der Waals surface area contributed by atoms with Gasteiger partial charge in [-0.1, -0.05) is 18.2 Å². The Bertz CT molecular complexity index is 780. The van der Waals surface area contributed by atoms with Crippen LogP contribution in [0.25, 0.3) is 0 Å². The van der Waals surface area contributed by atoms with Crippen molar-refractivity contribution in [3.05, 3.63) is 30.3 Å². The van der Waals surface area contributed by atoms with Gasteiger partial charge < -0.3 is 24.2 Å². The van der Waals surface area contributed by atoms with Crippen molar-refractivity contribution in [3.8, 4) is 5.75 Å². The Morgan fingerprint density at radius 3 is 2.59 bits per heavy atom. The van der Waals surface area contributed by atoms with Crippen molar-refractivity contribution in [2.75, 3.05) is 53.6 Å². The van der Waals surface area contributed by atoms with E-state index < -0.39 is 12.2 Å². The molecule has 0 N–H and O–H groups in total. The van der Waals surface area contributed by atoms with Crippen LogP contribution in [-0.2, 0) is 9.53 Å². The van der Waals surface area contributed by atoms with Crippen molar-refractivity contribution in [2.45, 2.75) is 18.6 Å². The normalized spacial score (nSPS) is 24.7. The van der Waals surface area contributed by atoms with E-state index in [4.69, 9.17) is 14.5 Å². The highest BCUT2D eigenvalue weighted by Crippen LogP contribution is 2.28. The number of guanidine groups is 1. The molecule has 9 nitrogen and oxygen atoms in total. The molecule has 0 spiro atoms. The summed E-state index contributed by atoms with van der Waals surface area (Å²) in [6, 6.07) is 8.85. The molecule has 0 aromatic heterocycles. The molecule has 1 aromatic carbocycles. The van der Waals surface area contributed by atoms with Gasteiger partial charge in [0.2, 0.25) is 0 Å². The minimum Gasteiger partial charge on any atom is -0.494 e. The van der Waals surface area contributed by atoms with Gasteiger partial charge in [-0.3, -0.25) is 9.69 Å². The summed E-state index contributed by atoms with van der Waals surface area (Å²) < 4.78 is 11.3. The second kappa shape index (κ2) is 8.28. The first-order chi connectivity index (χ1) is 14.1. The number of benzene rings is 1. The lowest BCUT2D eigenvalue weighted by Crippen LogP contribution is -2.64. The predicted octanol–water partition coefficient (Wildman–Crippen LogP) is 0.678. The Kier molecular flexibility index (Phi) is 5.57. The standard InChI is InChI=1S/C20H27N5O4/c1-22-17-16(18(26)23(2)20(22)27)25(19(21-17)24-10-13-28-14-11-24)9-6-12-29-15-7-4-3-5-8-15/h3-5,7-8,16-17H,6,9-14H2,1-2H3. The van der Waals surface area contributed by atoms with Gasteiger partial charge in [0.05, 0.1) is 19.8 Å². The van der Waals surface area contributed by atoms with Crippen LogP contribution >= 0.6 is 0 Å². The summed E-state index contributed by atoms with van der Waals surface area (Å²) in [7, 11) is 3.23. The molecular formula is C20H27N5O4. The molecule has 0 aliphatic carbocycles. The Hall–Kier alpha value is -2.81. The average Bonchev–Trinajstić information content (AvgIpc) is 3.15. The molecule has 3 heterocycles. The summed E-state index contributed by atoms with van der Waals surface area (Å²) in [5.74, 6) is 1.38. The number of nitrogens with zero attached hydrogens (tertiary/aromatic N) is 5. The molecule has 9 heteroatoms.